The zero-order valence-corrected chi connectivity index (χ0v) is 15.6. The third-order valence-electron chi connectivity index (χ3n) is 3.49. The number of rotatable bonds is 6. The number of nitrogens with zero attached hydrogens (tertiary/aromatic N) is 3. The van der Waals surface area contributed by atoms with Gasteiger partial charge in [-0.25, -0.2) is 4.39 Å². The number of hydrogen-bond donors (Lipinski definition) is 0. The van der Waals surface area contributed by atoms with Crippen molar-refractivity contribution in [1.29, 1.82) is 0 Å². The predicted octanol–water partition coefficient (Wildman–Crippen LogP) is 5.13. The minimum atomic E-state index is -0.226. The van der Waals surface area contributed by atoms with Crippen molar-refractivity contribution < 1.29 is 9.13 Å². The fourth-order valence-electron chi connectivity index (χ4n) is 2.08. The Kier molecular flexibility index (Phi) is 5.83. The van der Waals surface area contributed by atoms with E-state index in [1.165, 1.54) is 17.8 Å². The average Bonchev–Trinajstić information content (AvgIpc) is 2.95. The maximum absolute atomic E-state index is 13.7. The van der Waals surface area contributed by atoms with E-state index in [-0.39, 0.29) is 12.4 Å². The lowest BCUT2D eigenvalue weighted by atomic mass is 10.2. The fourth-order valence-corrected chi connectivity index (χ4v) is 3.33. The Morgan fingerprint density at radius 2 is 1.96 bits per heavy atom. The molecule has 0 radical (unpaired) electrons. The van der Waals surface area contributed by atoms with Crippen molar-refractivity contribution in [2.75, 3.05) is 0 Å². The molecule has 0 saturated carbocycles. The van der Waals surface area contributed by atoms with Crippen LogP contribution in [0.1, 0.15) is 11.4 Å². The first-order valence-corrected chi connectivity index (χ1v) is 9.11. The van der Waals surface area contributed by atoms with Crippen LogP contribution in [0.3, 0.4) is 0 Å². The van der Waals surface area contributed by atoms with Crippen LogP contribution in [0.15, 0.2) is 47.6 Å². The topological polar surface area (TPSA) is 39.9 Å². The van der Waals surface area contributed by atoms with E-state index in [9.17, 15) is 4.39 Å². The first kappa shape index (κ1) is 18.0. The van der Waals surface area contributed by atoms with Gasteiger partial charge in [0.15, 0.2) is 11.0 Å². The second-order valence-electron chi connectivity index (χ2n) is 5.20. The van der Waals surface area contributed by atoms with Crippen LogP contribution < -0.4 is 4.74 Å². The summed E-state index contributed by atoms with van der Waals surface area (Å²) in [6.07, 6.45) is 0. The molecule has 0 N–H and O–H groups in total. The van der Waals surface area contributed by atoms with Gasteiger partial charge in [0.2, 0.25) is 0 Å². The highest BCUT2D eigenvalue weighted by Gasteiger charge is 2.12. The van der Waals surface area contributed by atoms with Crippen LogP contribution in [0.5, 0.6) is 5.75 Å². The highest BCUT2D eigenvalue weighted by molar-refractivity contribution is 7.98. The van der Waals surface area contributed by atoms with Gasteiger partial charge in [0.1, 0.15) is 18.2 Å². The standard InChI is InChI=1S/C17H14Cl2FN3OS/c1-23-16(9-24-15-8-12(18)6-7-13(15)19)21-22-17(23)25-10-11-4-2-3-5-14(11)20/h2-8H,9-10H2,1H3. The Hall–Kier alpha value is -1.76. The molecule has 1 heterocycles. The molecule has 0 spiro atoms. The molecule has 4 nitrogen and oxygen atoms in total. The van der Waals surface area contributed by atoms with E-state index in [0.717, 1.165) is 0 Å². The molecule has 130 valence electrons. The summed E-state index contributed by atoms with van der Waals surface area (Å²) < 4.78 is 21.2. The van der Waals surface area contributed by atoms with E-state index in [0.29, 0.717) is 38.1 Å². The Bertz CT molecular complexity index is 888. The van der Waals surface area contributed by atoms with Gasteiger partial charge < -0.3 is 9.30 Å². The summed E-state index contributed by atoms with van der Waals surface area (Å²) in [6.45, 7) is 0.198. The maximum Gasteiger partial charge on any atom is 0.191 e. The lowest BCUT2D eigenvalue weighted by molar-refractivity contribution is 0.290. The van der Waals surface area contributed by atoms with E-state index < -0.39 is 0 Å². The summed E-state index contributed by atoms with van der Waals surface area (Å²) in [4.78, 5) is 0. The largest absolute Gasteiger partial charge is 0.484 e. The number of ether oxygens (including phenoxy) is 1. The van der Waals surface area contributed by atoms with Crippen LogP contribution in [-0.2, 0) is 19.4 Å². The van der Waals surface area contributed by atoms with E-state index in [2.05, 4.69) is 10.2 Å². The molecule has 3 rings (SSSR count). The van der Waals surface area contributed by atoms with Gasteiger partial charge in [-0.15, -0.1) is 10.2 Å². The lowest BCUT2D eigenvalue weighted by Crippen LogP contribution is -2.04. The van der Waals surface area contributed by atoms with E-state index in [4.69, 9.17) is 27.9 Å². The summed E-state index contributed by atoms with van der Waals surface area (Å²) >= 11 is 13.4. The lowest BCUT2D eigenvalue weighted by Gasteiger charge is -2.08. The minimum absolute atomic E-state index is 0.198. The monoisotopic (exact) mass is 397 g/mol. The molecular formula is C17H14Cl2FN3OS. The van der Waals surface area contributed by atoms with Gasteiger partial charge in [-0.1, -0.05) is 53.2 Å². The third-order valence-corrected chi connectivity index (χ3v) is 5.11. The SMILES string of the molecule is Cn1c(COc2cc(Cl)ccc2Cl)nnc1SCc1ccccc1F. The molecule has 0 fully saturated rings. The highest BCUT2D eigenvalue weighted by atomic mass is 35.5. The molecule has 0 aliphatic heterocycles. The number of aromatic nitrogens is 3. The van der Waals surface area contributed by atoms with Gasteiger partial charge in [0, 0.05) is 23.9 Å². The van der Waals surface area contributed by atoms with Crippen LogP contribution in [0.2, 0.25) is 10.0 Å². The Labute approximate surface area is 158 Å². The van der Waals surface area contributed by atoms with Gasteiger partial charge in [-0.2, -0.15) is 0 Å². The number of halogens is 3. The van der Waals surface area contributed by atoms with Crippen LogP contribution in [0.4, 0.5) is 4.39 Å². The smallest absolute Gasteiger partial charge is 0.191 e. The molecule has 0 aliphatic carbocycles. The molecule has 0 saturated heterocycles. The number of thioether (sulfide) groups is 1. The van der Waals surface area contributed by atoms with Crippen LogP contribution >= 0.6 is 35.0 Å². The van der Waals surface area contributed by atoms with Gasteiger partial charge in [-0.3, -0.25) is 0 Å². The summed E-state index contributed by atoms with van der Waals surface area (Å²) in [5.41, 5.74) is 0.624. The van der Waals surface area contributed by atoms with Crippen molar-refractivity contribution >= 4 is 35.0 Å². The van der Waals surface area contributed by atoms with Crippen molar-refractivity contribution in [2.24, 2.45) is 7.05 Å². The van der Waals surface area contributed by atoms with Gasteiger partial charge in [-0.05, 0) is 23.8 Å². The zero-order valence-electron chi connectivity index (χ0n) is 13.2. The first-order chi connectivity index (χ1) is 12.0. The average molecular weight is 398 g/mol. The van der Waals surface area contributed by atoms with Crippen molar-refractivity contribution in [1.82, 2.24) is 14.8 Å². The van der Waals surface area contributed by atoms with E-state index in [1.54, 1.807) is 30.3 Å². The van der Waals surface area contributed by atoms with Crippen LogP contribution in [-0.4, -0.2) is 14.8 Å². The van der Waals surface area contributed by atoms with Gasteiger partial charge >= 0.3 is 0 Å². The van der Waals surface area contributed by atoms with Crippen LogP contribution in [0.25, 0.3) is 0 Å². The van der Waals surface area contributed by atoms with E-state index >= 15 is 0 Å². The Morgan fingerprint density at radius 3 is 2.76 bits per heavy atom. The molecule has 0 unspecified atom stereocenters. The second-order valence-corrected chi connectivity index (χ2v) is 6.99. The summed E-state index contributed by atoms with van der Waals surface area (Å²) in [5.74, 6) is 1.36. The van der Waals surface area contributed by atoms with Gasteiger partial charge in [0.25, 0.3) is 0 Å². The molecule has 1 aromatic heterocycles. The molecule has 3 aromatic rings. The van der Waals surface area contributed by atoms with Crippen LogP contribution in [0, 0.1) is 5.82 Å². The van der Waals surface area contributed by atoms with Crippen molar-refractivity contribution in [3.8, 4) is 5.75 Å². The molecule has 0 atom stereocenters. The predicted molar refractivity (Wildman–Crippen MR) is 97.8 cm³/mol. The Morgan fingerprint density at radius 1 is 1.16 bits per heavy atom. The molecule has 25 heavy (non-hydrogen) atoms. The second kappa shape index (κ2) is 8.08. The molecule has 0 amide bonds. The zero-order chi connectivity index (χ0) is 17.8. The molecule has 0 bridgehead atoms. The first-order valence-electron chi connectivity index (χ1n) is 7.37. The Balaban J connectivity index is 1.65. The molecule has 8 heteroatoms. The highest BCUT2D eigenvalue weighted by Crippen LogP contribution is 2.28. The van der Waals surface area contributed by atoms with Gasteiger partial charge in [0.05, 0.1) is 5.02 Å². The third kappa shape index (κ3) is 4.45. The summed E-state index contributed by atoms with van der Waals surface area (Å²) in [7, 11) is 1.84. The fraction of sp³-hybridized carbons (Fsp3) is 0.176. The van der Waals surface area contributed by atoms with E-state index in [1.807, 2.05) is 17.7 Å². The van der Waals surface area contributed by atoms with Crippen molar-refractivity contribution in [3.63, 3.8) is 0 Å². The quantitative estimate of drug-likeness (QED) is 0.540. The molecular weight excluding hydrogens is 384 g/mol. The summed E-state index contributed by atoms with van der Waals surface area (Å²) in [6, 6.07) is 11.7. The minimum Gasteiger partial charge on any atom is -0.484 e. The van der Waals surface area contributed by atoms with Crippen molar-refractivity contribution in [3.05, 3.63) is 69.7 Å². The van der Waals surface area contributed by atoms with Crippen molar-refractivity contribution in [2.45, 2.75) is 17.5 Å². The number of hydrogen-bond acceptors (Lipinski definition) is 4. The molecule has 0 aliphatic rings. The maximum atomic E-state index is 13.7. The number of benzene rings is 2. The summed E-state index contributed by atoms with van der Waals surface area (Å²) in [5, 5.41) is 9.93. The molecule has 2 aromatic carbocycles. The normalized spacial score (nSPS) is 10.9.